The maximum Gasteiger partial charge on any atom is 0.255 e. The van der Waals surface area contributed by atoms with Crippen LogP contribution in [-0.4, -0.2) is 18.4 Å². The predicted molar refractivity (Wildman–Crippen MR) is 92.4 cm³/mol. The number of nitrogens with one attached hydrogen (secondary N) is 2. The summed E-state index contributed by atoms with van der Waals surface area (Å²) in [4.78, 5) is 23.2. The molecule has 124 valence electrons. The Labute approximate surface area is 140 Å². The van der Waals surface area contributed by atoms with Crippen molar-refractivity contribution in [3.63, 3.8) is 0 Å². The van der Waals surface area contributed by atoms with E-state index in [-0.39, 0.29) is 17.6 Å². The Morgan fingerprint density at radius 3 is 2.50 bits per heavy atom. The number of halogens is 1. The summed E-state index contributed by atoms with van der Waals surface area (Å²) in [6.07, 6.45) is 1.88. The molecule has 0 heterocycles. The molecule has 0 aliphatic rings. The smallest absolute Gasteiger partial charge is 0.255 e. The van der Waals surface area contributed by atoms with Gasteiger partial charge >= 0.3 is 0 Å². The third-order valence-corrected chi connectivity index (χ3v) is 3.41. The molecule has 0 bridgehead atoms. The molecule has 0 saturated carbocycles. The van der Waals surface area contributed by atoms with Crippen molar-refractivity contribution in [2.24, 2.45) is 0 Å². The molecule has 0 atom stereocenters. The Morgan fingerprint density at radius 1 is 1.17 bits per heavy atom. The van der Waals surface area contributed by atoms with Gasteiger partial charge in [0.15, 0.2) is 0 Å². The SMILES string of the molecule is C=CC(=O)NCCc1ccc(C(=O)Nc2cc(C)cc(F)c2)cc1. The molecule has 0 fully saturated rings. The zero-order chi connectivity index (χ0) is 17.5. The van der Waals surface area contributed by atoms with E-state index in [2.05, 4.69) is 17.2 Å². The fourth-order valence-corrected chi connectivity index (χ4v) is 2.24. The molecule has 2 rings (SSSR count). The molecule has 0 unspecified atom stereocenters. The molecule has 0 spiro atoms. The highest BCUT2D eigenvalue weighted by Gasteiger charge is 2.07. The molecule has 0 aliphatic heterocycles. The van der Waals surface area contributed by atoms with Crippen LogP contribution in [-0.2, 0) is 11.2 Å². The average Bonchev–Trinajstić information content (AvgIpc) is 2.54. The quantitative estimate of drug-likeness (QED) is 0.801. The van der Waals surface area contributed by atoms with Gasteiger partial charge in [-0.15, -0.1) is 0 Å². The molecule has 2 amide bonds. The summed E-state index contributed by atoms with van der Waals surface area (Å²) in [6.45, 7) is 5.64. The summed E-state index contributed by atoms with van der Waals surface area (Å²) in [5, 5.41) is 5.37. The van der Waals surface area contributed by atoms with Crippen LogP contribution in [0.4, 0.5) is 10.1 Å². The van der Waals surface area contributed by atoms with E-state index in [1.54, 1.807) is 25.1 Å². The summed E-state index contributed by atoms with van der Waals surface area (Å²) in [5.41, 5.74) is 2.64. The van der Waals surface area contributed by atoms with Gasteiger partial charge in [0.05, 0.1) is 0 Å². The van der Waals surface area contributed by atoms with Crippen LogP contribution in [0.25, 0.3) is 0 Å². The molecule has 2 aromatic rings. The summed E-state index contributed by atoms with van der Waals surface area (Å²) < 4.78 is 13.3. The largest absolute Gasteiger partial charge is 0.352 e. The highest BCUT2D eigenvalue weighted by molar-refractivity contribution is 6.04. The lowest BCUT2D eigenvalue weighted by Gasteiger charge is -2.08. The van der Waals surface area contributed by atoms with Gasteiger partial charge < -0.3 is 10.6 Å². The maximum absolute atomic E-state index is 13.3. The molecule has 2 N–H and O–H groups in total. The van der Waals surface area contributed by atoms with Gasteiger partial charge in [0, 0.05) is 17.8 Å². The van der Waals surface area contributed by atoms with E-state index in [1.807, 2.05) is 12.1 Å². The number of hydrogen-bond acceptors (Lipinski definition) is 2. The van der Waals surface area contributed by atoms with Crippen LogP contribution in [0.3, 0.4) is 0 Å². The first-order valence-electron chi connectivity index (χ1n) is 7.55. The van der Waals surface area contributed by atoms with Gasteiger partial charge in [0.25, 0.3) is 5.91 Å². The molecular weight excluding hydrogens is 307 g/mol. The zero-order valence-electron chi connectivity index (χ0n) is 13.4. The Morgan fingerprint density at radius 2 is 1.88 bits per heavy atom. The van der Waals surface area contributed by atoms with Crippen LogP contribution in [0.5, 0.6) is 0 Å². The van der Waals surface area contributed by atoms with E-state index in [4.69, 9.17) is 0 Å². The number of carbonyl (C=O) groups excluding carboxylic acids is 2. The Bertz CT molecular complexity index is 734. The number of anilines is 1. The highest BCUT2D eigenvalue weighted by Crippen LogP contribution is 2.15. The van der Waals surface area contributed by atoms with Crippen molar-refractivity contribution in [2.75, 3.05) is 11.9 Å². The van der Waals surface area contributed by atoms with Gasteiger partial charge in [-0.1, -0.05) is 18.7 Å². The Balaban J connectivity index is 1.95. The minimum Gasteiger partial charge on any atom is -0.352 e. The normalized spacial score (nSPS) is 10.1. The number of benzene rings is 2. The van der Waals surface area contributed by atoms with Crippen LogP contribution >= 0.6 is 0 Å². The highest BCUT2D eigenvalue weighted by atomic mass is 19.1. The minimum absolute atomic E-state index is 0.212. The van der Waals surface area contributed by atoms with Crippen molar-refractivity contribution in [3.8, 4) is 0 Å². The second-order valence-electron chi connectivity index (χ2n) is 5.41. The first-order valence-corrected chi connectivity index (χ1v) is 7.55. The maximum atomic E-state index is 13.3. The molecule has 0 aliphatic carbocycles. The third-order valence-electron chi connectivity index (χ3n) is 3.41. The fraction of sp³-hybridized carbons (Fsp3) is 0.158. The van der Waals surface area contributed by atoms with E-state index < -0.39 is 0 Å². The second-order valence-corrected chi connectivity index (χ2v) is 5.41. The van der Waals surface area contributed by atoms with Gasteiger partial charge in [-0.05, 0) is 60.9 Å². The average molecular weight is 326 g/mol. The van der Waals surface area contributed by atoms with Gasteiger partial charge in [0.2, 0.25) is 5.91 Å². The number of amides is 2. The first kappa shape index (κ1) is 17.4. The van der Waals surface area contributed by atoms with Crippen LogP contribution < -0.4 is 10.6 Å². The number of aryl methyl sites for hydroxylation is 1. The van der Waals surface area contributed by atoms with Crippen molar-refractivity contribution < 1.29 is 14.0 Å². The molecule has 4 nitrogen and oxygen atoms in total. The van der Waals surface area contributed by atoms with E-state index in [0.717, 1.165) is 11.1 Å². The summed E-state index contributed by atoms with van der Waals surface area (Å²) >= 11 is 0. The van der Waals surface area contributed by atoms with Gasteiger partial charge in [-0.2, -0.15) is 0 Å². The van der Waals surface area contributed by atoms with Crippen molar-refractivity contribution in [1.82, 2.24) is 5.32 Å². The van der Waals surface area contributed by atoms with Crippen molar-refractivity contribution in [2.45, 2.75) is 13.3 Å². The lowest BCUT2D eigenvalue weighted by Crippen LogP contribution is -2.23. The van der Waals surface area contributed by atoms with Crippen LogP contribution in [0.2, 0.25) is 0 Å². The Kier molecular flexibility index (Phi) is 5.84. The molecular formula is C19H19FN2O2. The minimum atomic E-state index is -0.387. The van der Waals surface area contributed by atoms with Gasteiger partial charge in [-0.3, -0.25) is 9.59 Å². The Hall–Kier alpha value is -2.95. The van der Waals surface area contributed by atoms with Crippen molar-refractivity contribution >= 4 is 17.5 Å². The van der Waals surface area contributed by atoms with Crippen LogP contribution in [0.15, 0.2) is 55.1 Å². The lowest BCUT2D eigenvalue weighted by atomic mass is 10.1. The van der Waals surface area contributed by atoms with E-state index in [0.29, 0.717) is 24.2 Å². The third kappa shape index (κ3) is 5.05. The number of hydrogen-bond donors (Lipinski definition) is 2. The van der Waals surface area contributed by atoms with Crippen molar-refractivity contribution in [3.05, 3.63) is 77.6 Å². The molecule has 0 aromatic heterocycles. The number of carbonyl (C=O) groups is 2. The van der Waals surface area contributed by atoms with E-state index in [1.165, 1.54) is 18.2 Å². The lowest BCUT2D eigenvalue weighted by molar-refractivity contribution is -0.116. The first-order chi connectivity index (χ1) is 11.5. The van der Waals surface area contributed by atoms with E-state index >= 15 is 0 Å². The molecule has 2 aromatic carbocycles. The summed E-state index contributed by atoms with van der Waals surface area (Å²) in [5.74, 6) is -0.898. The topological polar surface area (TPSA) is 58.2 Å². The van der Waals surface area contributed by atoms with E-state index in [9.17, 15) is 14.0 Å². The molecule has 5 heteroatoms. The van der Waals surface area contributed by atoms with Crippen LogP contribution in [0, 0.1) is 12.7 Å². The summed E-state index contributed by atoms with van der Waals surface area (Å²) in [7, 11) is 0. The van der Waals surface area contributed by atoms with Crippen molar-refractivity contribution in [1.29, 1.82) is 0 Å². The standard InChI is InChI=1S/C19H19FN2O2/c1-3-18(23)21-9-8-14-4-6-15(7-5-14)19(24)22-17-11-13(2)10-16(20)12-17/h3-7,10-12H,1,8-9H2,2H3,(H,21,23)(H,22,24). The molecule has 0 radical (unpaired) electrons. The summed E-state index contributed by atoms with van der Waals surface area (Å²) in [6, 6.07) is 11.4. The molecule has 0 saturated heterocycles. The van der Waals surface area contributed by atoms with Crippen LogP contribution in [0.1, 0.15) is 21.5 Å². The van der Waals surface area contributed by atoms with Gasteiger partial charge in [-0.25, -0.2) is 4.39 Å². The fourth-order valence-electron chi connectivity index (χ4n) is 2.24. The number of rotatable bonds is 6. The predicted octanol–water partition coefficient (Wildman–Crippen LogP) is 3.23. The van der Waals surface area contributed by atoms with Gasteiger partial charge in [0.1, 0.15) is 5.82 Å². The monoisotopic (exact) mass is 326 g/mol. The molecule has 24 heavy (non-hydrogen) atoms. The second kappa shape index (κ2) is 8.06. The zero-order valence-corrected chi connectivity index (χ0v) is 13.4.